The van der Waals surface area contributed by atoms with Crippen LogP contribution < -0.4 is 10.6 Å². The zero-order valence-electron chi connectivity index (χ0n) is 14.0. The van der Waals surface area contributed by atoms with Crippen molar-refractivity contribution in [1.82, 2.24) is 9.97 Å². The highest BCUT2D eigenvalue weighted by Crippen LogP contribution is 2.29. The van der Waals surface area contributed by atoms with Crippen molar-refractivity contribution < 1.29 is 4.92 Å². The lowest BCUT2D eigenvalue weighted by Gasteiger charge is -2.10. The van der Waals surface area contributed by atoms with Crippen molar-refractivity contribution in [3.8, 4) is 0 Å². The van der Waals surface area contributed by atoms with Crippen LogP contribution >= 0.6 is 23.2 Å². The van der Waals surface area contributed by atoms with Gasteiger partial charge in [-0.2, -0.15) is 0 Å². The molecule has 0 aliphatic carbocycles. The van der Waals surface area contributed by atoms with Crippen LogP contribution in [0, 0.1) is 10.1 Å². The van der Waals surface area contributed by atoms with Crippen molar-refractivity contribution in [1.29, 1.82) is 0 Å². The van der Waals surface area contributed by atoms with Gasteiger partial charge >= 0.3 is 5.69 Å². The van der Waals surface area contributed by atoms with Gasteiger partial charge in [0, 0.05) is 23.1 Å². The van der Waals surface area contributed by atoms with Gasteiger partial charge in [-0.1, -0.05) is 47.5 Å². The topological polar surface area (TPSA) is 93.0 Å². The van der Waals surface area contributed by atoms with Crippen LogP contribution in [0.3, 0.4) is 0 Å². The minimum Gasteiger partial charge on any atom is -0.360 e. The van der Waals surface area contributed by atoms with Crippen molar-refractivity contribution in [3.63, 3.8) is 0 Å². The standard InChI is InChI=1S/C18H15Cl2N5O2/c19-14-5-1-12(2-6-14)9-21-17-16(25(26)27)18(24-11-23-17)22-10-13-3-7-15(20)8-4-13/h1-8,11H,9-10H2,(H2,21,22,23,24). The quantitative estimate of drug-likeness (QED) is 0.429. The fourth-order valence-electron chi connectivity index (χ4n) is 2.39. The predicted octanol–water partition coefficient (Wildman–Crippen LogP) is 4.92. The molecule has 0 fully saturated rings. The number of benzene rings is 2. The third kappa shape index (κ3) is 5.06. The molecular formula is C18H15Cl2N5O2. The van der Waals surface area contributed by atoms with E-state index in [2.05, 4.69) is 20.6 Å². The Bertz CT molecular complexity index is 866. The number of hydrogen-bond donors (Lipinski definition) is 2. The summed E-state index contributed by atoms with van der Waals surface area (Å²) in [6.45, 7) is 0.733. The molecular weight excluding hydrogens is 389 g/mol. The van der Waals surface area contributed by atoms with Gasteiger partial charge in [0.15, 0.2) is 0 Å². The van der Waals surface area contributed by atoms with Crippen LogP contribution in [0.5, 0.6) is 0 Å². The van der Waals surface area contributed by atoms with Gasteiger partial charge in [-0.15, -0.1) is 0 Å². The normalized spacial score (nSPS) is 10.4. The Hall–Kier alpha value is -2.90. The van der Waals surface area contributed by atoms with E-state index in [1.54, 1.807) is 24.3 Å². The van der Waals surface area contributed by atoms with E-state index in [0.29, 0.717) is 23.1 Å². The molecule has 1 aromatic heterocycles. The summed E-state index contributed by atoms with van der Waals surface area (Å²) in [6, 6.07) is 14.4. The number of nitro groups is 1. The molecule has 0 unspecified atom stereocenters. The van der Waals surface area contributed by atoms with Crippen molar-refractivity contribution in [3.05, 3.63) is 86.1 Å². The molecule has 0 saturated heterocycles. The molecule has 1 heterocycles. The van der Waals surface area contributed by atoms with E-state index < -0.39 is 4.92 Å². The van der Waals surface area contributed by atoms with Crippen LogP contribution in [-0.4, -0.2) is 14.9 Å². The number of anilines is 2. The van der Waals surface area contributed by atoms with Crippen molar-refractivity contribution >= 4 is 40.5 Å². The first kappa shape index (κ1) is 18.9. The average Bonchev–Trinajstić information content (AvgIpc) is 2.67. The first-order chi connectivity index (χ1) is 13.0. The highest BCUT2D eigenvalue weighted by Gasteiger charge is 2.22. The van der Waals surface area contributed by atoms with E-state index in [1.165, 1.54) is 6.33 Å². The van der Waals surface area contributed by atoms with Crippen LogP contribution in [-0.2, 0) is 13.1 Å². The van der Waals surface area contributed by atoms with E-state index in [-0.39, 0.29) is 17.3 Å². The molecule has 0 spiro atoms. The lowest BCUT2D eigenvalue weighted by atomic mass is 10.2. The molecule has 138 valence electrons. The van der Waals surface area contributed by atoms with Crippen LogP contribution in [0.4, 0.5) is 17.3 Å². The van der Waals surface area contributed by atoms with E-state index >= 15 is 0 Å². The maximum atomic E-state index is 11.6. The summed E-state index contributed by atoms with van der Waals surface area (Å²) in [5.41, 5.74) is 1.63. The third-order valence-electron chi connectivity index (χ3n) is 3.75. The Morgan fingerprint density at radius 3 is 1.59 bits per heavy atom. The highest BCUT2D eigenvalue weighted by molar-refractivity contribution is 6.30. The van der Waals surface area contributed by atoms with Crippen molar-refractivity contribution in [2.75, 3.05) is 10.6 Å². The summed E-state index contributed by atoms with van der Waals surface area (Å²) in [5, 5.41) is 18.8. The van der Waals surface area contributed by atoms with E-state index in [4.69, 9.17) is 23.2 Å². The fourth-order valence-corrected chi connectivity index (χ4v) is 2.64. The largest absolute Gasteiger partial charge is 0.360 e. The number of nitrogens with zero attached hydrogens (tertiary/aromatic N) is 3. The summed E-state index contributed by atoms with van der Waals surface area (Å²) >= 11 is 11.7. The molecule has 3 rings (SSSR count). The number of rotatable bonds is 7. The summed E-state index contributed by atoms with van der Waals surface area (Å²) in [5.74, 6) is 0.284. The summed E-state index contributed by atoms with van der Waals surface area (Å²) < 4.78 is 0. The lowest BCUT2D eigenvalue weighted by Crippen LogP contribution is -2.10. The van der Waals surface area contributed by atoms with Gasteiger partial charge in [0.05, 0.1) is 4.92 Å². The van der Waals surface area contributed by atoms with Crippen molar-refractivity contribution in [2.24, 2.45) is 0 Å². The fraction of sp³-hybridized carbons (Fsp3) is 0.111. The van der Waals surface area contributed by atoms with Crippen LogP contribution in [0.2, 0.25) is 10.0 Å². The maximum Gasteiger partial charge on any atom is 0.353 e. The van der Waals surface area contributed by atoms with Gasteiger partial charge in [0.2, 0.25) is 11.6 Å². The summed E-state index contributed by atoms with van der Waals surface area (Å²) in [7, 11) is 0. The Labute approximate surface area is 165 Å². The van der Waals surface area contributed by atoms with E-state index in [0.717, 1.165) is 11.1 Å². The molecule has 0 radical (unpaired) electrons. The van der Waals surface area contributed by atoms with Crippen LogP contribution in [0.25, 0.3) is 0 Å². The Kier molecular flexibility index (Phi) is 6.05. The molecule has 0 bridgehead atoms. The van der Waals surface area contributed by atoms with Gasteiger partial charge < -0.3 is 10.6 Å². The van der Waals surface area contributed by atoms with Crippen LogP contribution in [0.15, 0.2) is 54.9 Å². The second kappa shape index (κ2) is 8.66. The zero-order valence-corrected chi connectivity index (χ0v) is 15.5. The highest BCUT2D eigenvalue weighted by atomic mass is 35.5. The molecule has 0 saturated carbocycles. The molecule has 0 atom stereocenters. The smallest absolute Gasteiger partial charge is 0.353 e. The Morgan fingerprint density at radius 2 is 1.22 bits per heavy atom. The lowest BCUT2D eigenvalue weighted by molar-refractivity contribution is -0.383. The van der Waals surface area contributed by atoms with Gasteiger partial charge in [-0.05, 0) is 35.4 Å². The molecule has 0 amide bonds. The third-order valence-corrected chi connectivity index (χ3v) is 4.26. The van der Waals surface area contributed by atoms with Gasteiger partial charge in [0.25, 0.3) is 0 Å². The summed E-state index contributed by atoms with van der Waals surface area (Å²) in [6.07, 6.45) is 1.28. The molecule has 2 aromatic carbocycles. The molecule has 9 heteroatoms. The van der Waals surface area contributed by atoms with Crippen LogP contribution in [0.1, 0.15) is 11.1 Å². The molecule has 0 aliphatic rings. The first-order valence-corrected chi connectivity index (χ1v) is 8.74. The molecule has 27 heavy (non-hydrogen) atoms. The minimum absolute atomic E-state index is 0.142. The SMILES string of the molecule is O=[N+]([O-])c1c(NCc2ccc(Cl)cc2)ncnc1NCc1ccc(Cl)cc1. The molecule has 7 nitrogen and oxygen atoms in total. The second-order valence-corrected chi connectivity index (χ2v) is 6.51. The van der Waals surface area contributed by atoms with Crippen molar-refractivity contribution in [2.45, 2.75) is 13.1 Å². The Balaban J connectivity index is 1.76. The predicted molar refractivity (Wildman–Crippen MR) is 106 cm³/mol. The summed E-state index contributed by atoms with van der Waals surface area (Å²) in [4.78, 5) is 19.1. The average molecular weight is 404 g/mol. The number of nitrogens with one attached hydrogen (secondary N) is 2. The van der Waals surface area contributed by atoms with E-state index in [1.807, 2.05) is 24.3 Å². The monoisotopic (exact) mass is 403 g/mol. The molecule has 3 aromatic rings. The van der Waals surface area contributed by atoms with Gasteiger partial charge in [-0.25, -0.2) is 9.97 Å². The van der Waals surface area contributed by atoms with Gasteiger partial charge in [0.1, 0.15) is 6.33 Å². The minimum atomic E-state index is -0.506. The molecule has 0 aliphatic heterocycles. The second-order valence-electron chi connectivity index (χ2n) is 5.64. The number of hydrogen-bond acceptors (Lipinski definition) is 6. The van der Waals surface area contributed by atoms with Gasteiger partial charge in [-0.3, -0.25) is 10.1 Å². The maximum absolute atomic E-state index is 11.6. The van der Waals surface area contributed by atoms with E-state index in [9.17, 15) is 10.1 Å². The number of halogens is 2. The Morgan fingerprint density at radius 1 is 0.815 bits per heavy atom. The first-order valence-electron chi connectivity index (χ1n) is 7.99. The molecule has 2 N–H and O–H groups in total. The number of aromatic nitrogens is 2. The zero-order chi connectivity index (χ0) is 19.2.